The zero-order valence-electron chi connectivity index (χ0n) is 11.4. The first-order chi connectivity index (χ1) is 8.83. The third-order valence-electron chi connectivity index (χ3n) is 4.49. The Balaban J connectivity index is 1.60. The minimum atomic E-state index is 0.622. The molecule has 0 bridgehead atoms. The van der Waals surface area contributed by atoms with Crippen molar-refractivity contribution in [1.29, 1.82) is 0 Å². The standard InChI is InChI=1S/C14H24N4/c1-18-13(10-15-12-8-4-5-9-12)16-14(17-18)11-6-2-3-7-11/h11-12,15H,2-10H2,1H3. The molecular formula is C14H24N4. The van der Waals surface area contributed by atoms with Gasteiger partial charge in [0.2, 0.25) is 0 Å². The molecular weight excluding hydrogens is 224 g/mol. The van der Waals surface area contributed by atoms with E-state index in [9.17, 15) is 0 Å². The molecule has 2 fully saturated rings. The lowest BCUT2D eigenvalue weighted by atomic mass is 10.1. The SMILES string of the molecule is Cn1nc(C2CCCC2)nc1CNC1CCCC1. The Morgan fingerprint density at radius 1 is 1.11 bits per heavy atom. The first kappa shape index (κ1) is 12.2. The van der Waals surface area contributed by atoms with Gasteiger partial charge in [-0.2, -0.15) is 5.10 Å². The van der Waals surface area contributed by atoms with Gasteiger partial charge in [-0.1, -0.05) is 25.7 Å². The van der Waals surface area contributed by atoms with Crippen LogP contribution in [0.4, 0.5) is 0 Å². The summed E-state index contributed by atoms with van der Waals surface area (Å²) in [5.74, 6) is 2.80. The highest BCUT2D eigenvalue weighted by Gasteiger charge is 2.22. The maximum atomic E-state index is 4.74. The fraction of sp³-hybridized carbons (Fsp3) is 0.857. The molecule has 0 spiro atoms. The van der Waals surface area contributed by atoms with E-state index in [0.717, 1.165) is 18.2 Å². The Hall–Kier alpha value is -0.900. The summed E-state index contributed by atoms with van der Waals surface area (Å²) < 4.78 is 1.97. The molecule has 2 aliphatic rings. The summed E-state index contributed by atoms with van der Waals surface area (Å²) in [6, 6.07) is 0.705. The summed E-state index contributed by atoms with van der Waals surface area (Å²) in [5, 5.41) is 8.22. The highest BCUT2D eigenvalue weighted by molar-refractivity contribution is 5.01. The smallest absolute Gasteiger partial charge is 0.154 e. The average molecular weight is 248 g/mol. The summed E-state index contributed by atoms with van der Waals surface area (Å²) in [5.41, 5.74) is 0. The highest BCUT2D eigenvalue weighted by atomic mass is 15.3. The quantitative estimate of drug-likeness (QED) is 0.890. The van der Waals surface area contributed by atoms with E-state index in [-0.39, 0.29) is 0 Å². The first-order valence-corrected chi connectivity index (χ1v) is 7.46. The minimum absolute atomic E-state index is 0.622. The van der Waals surface area contributed by atoms with Crippen LogP contribution in [0.1, 0.15) is 68.9 Å². The Kier molecular flexibility index (Phi) is 3.64. The van der Waals surface area contributed by atoms with Gasteiger partial charge in [-0.3, -0.25) is 4.68 Å². The topological polar surface area (TPSA) is 42.7 Å². The zero-order chi connectivity index (χ0) is 12.4. The van der Waals surface area contributed by atoms with E-state index >= 15 is 0 Å². The Labute approximate surface area is 109 Å². The van der Waals surface area contributed by atoms with Crippen LogP contribution in [-0.4, -0.2) is 20.8 Å². The molecule has 0 amide bonds. The van der Waals surface area contributed by atoms with Gasteiger partial charge >= 0.3 is 0 Å². The molecule has 0 aliphatic heterocycles. The predicted octanol–water partition coefficient (Wildman–Crippen LogP) is 2.50. The molecule has 1 aromatic heterocycles. The van der Waals surface area contributed by atoms with Gasteiger partial charge < -0.3 is 5.32 Å². The monoisotopic (exact) mass is 248 g/mol. The van der Waals surface area contributed by atoms with Crippen molar-refractivity contribution >= 4 is 0 Å². The van der Waals surface area contributed by atoms with Crippen LogP contribution in [0.25, 0.3) is 0 Å². The maximum absolute atomic E-state index is 4.74. The predicted molar refractivity (Wildman–Crippen MR) is 71.3 cm³/mol. The van der Waals surface area contributed by atoms with Crippen molar-refractivity contribution in [2.45, 2.75) is 69.9 Å². The van der Waals surface area contributed by atoms with Crippen molar-refractivity contribution in [2.24, 2.45) is 7.05 Å². The molecule has 0 atom stereocenters. The first-order valence-electron chi connectivity index (χ1n) is 7.46. The van der Waals surface area contributed by atoms with Crippen molar-refractivity contribution < 1.29 is 0 Å². The van der Waals surface area contributed by atoms with Crippen LogP contribution in [0.3, 0.4) is 0 Å². The molecule has 2 saturated carbocycles. The van der Waals surface area contributed by atoms with Crippen molar-refractivity contribution in [3.63, 3.8) is 0 Å². The number of hydrogen-bond donors (Lipinski definition) is 1. The zero-order valence-corrected chi connectivity index (χ0v) is 11.4. The molecule has 4 nitrogen and oxygen atoms in total. The molecule has 1 aromatic rings. The van der Waals surface area contributed by atoms with E-state index in [1.807, 2.05) is 11.7 Å². The summed E-state index contributed by atoms with van der Waals surface area (Å²) in [7, 11) is 2.02. The van der Waals surface area contributed by atoms with E-state index in [2.05, 4.69) is 10.4 Å². The number of hydrogen-bond acceptors (Lipinski definition) is 3. The van der Waals surface area contributed by atoms with Crippen LogP contribution in [0.15, 0.2) is 0 Å². The van der Waals surface area contributed by atoms with Crippen molar-refractivity contribution in [2.75, 3.05) is 0 Å². The molecule has 0 aromatic carbocycles. The van der Waals surface area contributed by atoms with E-state index in [0.29, 0.717) is 12.0 Å². The third-order valence-corrected chi connectivity index (χ3v) is 4.49. The largest absolute Gasteiger partial charge is 0.307 e. The van der Waals surface area contributed by atoms with E-state index < -0.39 is 0 Å². The lowest BCUT2D eigenvalue weighted by molar-refractivity contribution is 0.502. The summed E-state index contributed by atoms with van der Waals surface area (Å²) in [4.78, 5) is 4.74. The molecule has 3 rings (SSSR count). The van der Waals surface area contributed by atoms with Crippen LogP contribution < -0.4 is 5.32 Å². The second-order valence-electron chi connectivity index (χ2n) is 5.85. The highest BCUT2D eigenvalue weighted by Crippen LogP contribution is 2.32. The molecule has 100 valence electrons. The molecule has 1 N–H and O–H groups in total. The Bertz CT molecular complexity index is 386. The lowest BCUT2D eigenvalue weighted by Gasteiger charge is -2.10. The normalized spacial score (nSPS) is 22.1. The van der Waals surface area contributed by atoms with Crippen LogP contribution in [0.2, 0.25) is 0 Å². The van der Waals surface area contributed by atoms with Gasteiger partial charge in [-0.15, -0.1) is 0 Å². The van der Waals surface area contributed by atoms with Gasteiger partial charge in [0.25, 0.3) is 0 Å². The lowest BCUT2D eigenvalue weighted by Crippen LogP contribution is -2.26. The van der Waals surface area contributed by atoms with Crippen LogP contribution in [0.5, 0.6) is 0 Å². The summed E-state index contributed by atoms with van der Waals surface area (Å²) in [6.45, 7) is 0.876. The molecule has 1 heterocycles. The minimum Gasteiger partial charge on any atom is -0.307 e. The molecule has 0 unspecified atom stereocenters. The van der Waals surface area contributed by atoms with Gasteiger partial charge in [-0.25, -0.2) is 4.98 Å². The van der Waals surface area contributed by atoms with Gasteiger partial charge in [0.15, 0.2) is 5.82 Å². The van der Waals surface area contributed by atoms with Crippen LogP contribution >= 0.6 is 0 Å². The van der Waals surface area contributed by atoms with E-state index in [1.165, 1.54) is 51.4 Å². The van der Waals surface area contributed by atoms with Crippen LogP contribution in [-0.2, 0) is 13.6 Å². The fourth-order valence-corrected chi connectivity index (χ4v) is 3.31. The average Bonchev–Trinajstić information content (AvgIpc) is 3.09. The molecule has 0 radical (unpaired) electrons. The summed E-state index contributed by atoms with van der Waals surface area (Å²) >= 11 is 0. The molecule has 18 heavy (non-hydrogen) atoms. The fourth-order valence-electron chi connectivity index (χ4n) is 3.31. The molecule has 2 aliphatic carbocycles. The Morgan fingerprint density at radius 2 is 1.78 bits per heavy atom. The molecule has 4 heteroatoms. The number of nitrogens with zero attached hydrogens (tertiary/aromatic N) is 3. The number of aromatic nitrogens is 3. The van der Waals surface area contributed by atoms with Crippen LogP contribution in [0, 0.1) is 0 Å². The number of nitrogens with one attached hydrogen (secondary N) is 1. The summed E-state index contributed by atoms with van der Waals surface area (Å²) in [6.07, 6.45) is 10.7. The number of rotatable bonds is 4. The number of aryl methyl sites for hydroxylation is 1. The molecule has 0 saturated heterocycles. The second-order valence-corrected chi connectivity index (χ2v) is 5.85. The Morgan fingerprint density at radius 3 is 2.50 bits per heavy atom. The second kappa shape index (κ2) is 5.39. The van der Waals surface area contributed by atoms with Gasteiger partial charge in [0.1, 0.15) is 5.82 Å². The van der Waals surface area contributed by atoms with Crippen molar-refractivity contribution in [1.82, 2.24) is 20.1 Å². The third kappa shape index (κ3) is 2.58. The van der Waals surface area contributed by atoms with Crippen molar-refractivity contribution in [3.05, 3.63) is 11.6 Å². The van der Waals surface area contributed by atoms with Crippen molar-refractivity contribution in [3.8, 4) is 0 Å². The van der Waals surface area contributed by atoms with Gasteiger partial charge in [0, 0.05) is 19.0 Å². The van der Waals surface area contributed by atoms with Gasteiger partial charge in [0.05, 0.1) is 6.54 Å². The van der Waals surface area contributed by atoms with Gasteiger partial charge in [-0.05, 0) is 25.7 Å². The maximum Gasteiger partial charge on any atom is 0.154 e. The van der Waals surface area contributed by atoms with E-state index in [1.54, 1.807) is 0 Å². The van der Waals surface area contributed by atoms with E-state index in [4.69, 9.17) is 4.98 Å².